The maximum absolute atomic E-state index is 11.6. The van der Waals surface area contributed by atoms with Gasteiger partial charge in [-0.2, -0.15) is 0 Å². The van der Waals surface area contributed by atoms with Crippen molar-refractivity contribution in [3.63, 3.8) is 0 Å². The minimum Gasteiger partial charge on any atom is -0.464 e. The van der Waals surface area contributed by atoms with E-state index in [9.17, 15) is 4.79 Å². The smallest absolute Gasteiger partial charge is 0.220 e. The van der Waals surface area contributed by atoms with Crippen molar-refractivity contribution in [1.29, 1.82) is 0 Å². The lowest BCUT2D eigenvalue weighted by atomic mass is 10.2. The SMILES string of the molecule is CC(=O)N(Cc1ccccc1)Cc1ccc(C)o1. The number of furan rings is 1. The van der Waals surface area contributed by atoms with E-state index in [-0.39, 0.29) is 5.91 Å². The van der Waals surface area contributed by atoms with Crippen molar-refractivity contribution in [2.24, 2.45) is 0 Å². The summed E-state index contributed by atoms with van der Waals surface area (Å²) in [6.07, 6.45) is 0. The number of amides is 1. The molecule has 0 aliphatic heterocycles. The van der Waals surface area contributed by atoms with Crippen LogP contribution in [-0.4, -0.2) is 10.8 Å². The fourth-order valence-corrected chi connectivity index (χ4v) is 1.84. The van der Waals surface area contributed by atoms with Gasteiger partial charge in [0.15, 0.2) is 0 Å². The van der Waals surface area contributed by atoms with Gasteiger partial charge in [-0.05, 0) is 24.6 Å². The van der Waals surface area contributed by atoms with Crippen LogP contribution in [0.15, 0.2) is 46.9 Å². The third-order valence-corrected chi connectivity index (χ3v) is 2.80. The van der Waals surface area contributed by atoms with E-state index >= 15 is 0 Å². The van der Waals surface area contributed by atoms with Gasteiger partial charge >= 0.3 is 0 Å². The summed E-state index contributed by atoms with van der Waals surface area (Å²) in [5.41, 5.74) is 1.12. The molecule has 3 heteroatoms. The standard InChI is InChI=1S/C15H17NO2/c1-12-8-9-15(18-12)11-16(13(2)17)10-14-6-4-3-5-7-14/h3-9H,10-11H2,1-2H3. The minimum absolute atomic E-state index is 0.0490. The summed E-state index contributed by atoms with van der Waals surface area (Å²) in [6, 6.07) is 13.8. The van der Waals surface area contributed by atoms with Crippen molar-refractivity contribution in [3.05, 3.63) is 59.5 Å². The van der Waals surface area contributed by atoms with Crippen LogP contribution < -0.4 is 0 Å². The Labute approximate surface area is 107 Å². The monoisotopic (exact) mass is 243 g/mol. The molecule has 0 unspecified atom stereocenters. The molecule has 18 heavy (non-hydrogen) atoms. The molecule has 1 aromatic heterocycles. The lowest BCUT2D eigenvalue weighted by molar-refractivity contribution is -0.130. The molecule has 0 spiro atoms. The summed E-state index contributed by atoms with van der Waals surface area (Å²) in [5, 5.41) is 0. The van der Waals surface area contributed by atoms with E-state index in [1.807, 2.05) is 49.4 Å². The summed E-state index contributed by atoms with van der Waals surface area (Å²) >= 11 is 0. The van der Waals surface area contributed by atoms with Gasteiger partial charge in [0, 0.05) is 13.5 Å². The van der Waals surface area contributed by atoms with Crippen LogP contribution in [0.1, 0.15) is 24.0 Å². The van der Waals surface area contributed by atoms with Crippen molar-refractivity contribution >= 4 is 5.91 Å². The van der Waals surface area contributed by atoms with Crippen LogP contribution in [0.3, 0.4) is 0 Å². The topological polar surface area (TPSA) is 33.5 Å². The molecule has 2 rings (SSSR count). The zero-order chi connectivity index (χ0) is 13.0. The fraction of sp³-hybridized carbons (Fsp3) is 0.267. The molecule has 3 nitrogen and oxygen atoms in total. The van der Waals surface area contributed by atoms with E-state index in [2.05, 4.69) is 0 Å². The molecule has 0 N–H and O–H groups in total. The van der Waals surface area contributed by atoms with Crippen LogP contribution in [0.25, 0.3) is 0 Å². The van der Waals surface area contributed by atoms with Crippen molar-refractivity contribution in [1.82, 2.24) is 4.90 Å². The van der Waals surface area contributed by atoms with E-state index in [1.165, 1.54) is 0 Å². The molecule has 2 aromatic rings. The second-order valence-corrected chi connectivity index (χ2v) is 4.37. The predicted octanol–water partition coefficient (Wildman–Crippen LogP) is 3.14. The molecular formula is C15H17NO2. The van der Waals surface area contributed by atoms with E-state index < -0.39 is 0 Å². The quantitative estimate of drug-likeness (QED) is 0.826. The molecule has 0 aliphatic carbocycles. The van der Waals surface area contributed by atoms with E-state index in [0.29, 0.717) is 13.1 Å². The second kappa shape index (κ2) is 5.54. The Morgan fingerprint density at radius 2 is 1.83 bits per heavy atom. The second-order valence-electron chi connectivity index (χ2n) is 4.37. The van der Waals surface area contributed by atoms with E-state index in [0.717, 1.165) is 17.1 Å². The number of hydrogen-bond acceptors (Lipinski definition) is 2. The molecular weight excluding hydrogens is 226 g/mol. The summed E-state index contributed by atoms with van der Waals surface area (Å²) in [4.78, 5) is 13.4. The Hall–Kier alpha value is -2.03. The summed E-state index contributed by atoms with van der Waals surface area (Å²) < 4.78 is 5.51. The van der Waals surface area contributed by atoms with Crippen molar-refractivity contribution in [3.8, 4) is 0 Å². The third kappa shape index (κ3) is 3.23. The molecule has 1 amide bonds. The summed E-state index contributed by atoms with van der Waals surface area (Å²) in [6.45, 7) is 4.60. The van der Waals surface area contributed by atoms with Crippen molar-refractivity contribution < 1.29 is 9.21 Å². The van der Waals surface area contributed by atoms with Crippen LogP contribution in [0.4, 0.5) is 0 Å². The molecule has 0 bridgehead atoms. The lowest BCUT2D eigenvalue weighted by Gasteiger charge is -2.19. The number of carbonyl (C=O) groups is 1. The van der Waals surface area contributed by atoms with Gasteiger partial charge in [0.25, 0.3) is 0 Å². The van der Waals surface area contributed by atoms with Crippen LogP contribution in [0.5, 0.6) is 0 Å². The molecule has 1 aromatic carbocycles. The molecule has 0 radical (unpaired) electrons. The van der Waals surface area contributed by atoms with Gasteiger partial charge in [0.1, 0.15) is 11.5 Å². The Balaban J connectivity index is 2.07. The van der Waals surface area contributed by atoms with Crippen LogP contribution in [-0.2, 0) is 17.9 Å². The minimum atomic E-state index is 0.0490. The van der Waals surface area contributed by atoms with Gasteiger partial charge in [-0.25, -0.2) is 0 Å². The maximum Gasteiger partial charge on any atom is 0.220 e. The molecule has 0 fully saturated rings. The maximum atomic E-state index is 11.6. The highest BCUT2D eigenvalue weighted by atomic mass is 16.3. The molecule has 1 heterocycles. The van der Waals surface area contributed by atoms with E-state index in [1.54, 1.807) is 11.8 Å². The van der Waals surface area contributed by atoms with Gasteiger partial charge in [-0.15, -0.1) is 0 Å². The number of aryl methyl sites for hydroxylation is 1. The first-order valence-corrected chi connectivity index (χ1v) is 6.00. The zero-order valence-corrected chi connectivity index (χ0v) is 10.7. The Morgan fingerprint density at radius 3 is 2.39 bits per heavy atom. The Morgan fingerprint density at radius 1 is 1.11 bits per heavy atom. The largest absolute Gasteiger partial charge is 0.464 e. The molecule has 0 saturated carbocycles. The number of benzene rings is 1. The Bertz CT molecular complexity index is 516. The number of hydrogen-bond donors (Lipinski definition) is 0. The summed E-state index contributed by atoms with van der Waals surface area (Å²) in [5.74, 6) is 1.74. The van der Waals surface area contributed by atoms with Crippen molar-refractivity contribution in [2.45, 2.75) is 26.9 Å². The molecule has 94 valence electrons. The predicted molar refractivity (Wildman–Crippen MR) is 69.8 cm³/mol. The molecule has 0 aliphatic rings. The zero-order valence-electron chi connectivity index (χ0n) is 10.7. The van der Waals surface area contributed by atoms with Gasteiger partial charge < -0.3 is 9.32 Å². The third-order valence-electron chi connectivity index (χ3n) is 2.80. The molecule has 0 atom stereocenters. The average Bonchev–Trinajstić information content (AvgIpc) is 2.75. The molecule has 0 saturated heterocycles. The Kier molecular flexibility index (Phi) is 3.82. The van der Waals surface area contributed by atoms with Gasteiger partial charge in [0.2, 0.25) is 5.91 Å². The first kappa shape index (κ1) is 12.4. The first-order chi connectivity index (χ1) is 8.65. The van der Waals surface area contributed by atoms with Crippen LogP contribution in [0, 0.1) is 6.92 Å². The number of rotatable bonds is 4. The first-order valence-electron chi connectivity index (χ1n) is 6.00. The highest BCUT2D eigenvalue weighted by Gasteiger charge is 2.12. The van der Waals surface area contributed by atoms with Crippen molar-refractivity contribution in [2.75, 3.05) is 0 Å². The van der Waals surface area contributed by atoms with Crippen LogP contribution >= 0.6 is 0 Å². The fourth-order valence-electron chi connectivity index (χ4n) is 1.84. The average molecular weight is 243 g/mol. The van der Waals surface area contributed by atoms with Gasteiger partial charge in [0.05, 0.1) is 6.54 Å². The highest BCUT2D eigenvalue weighted by molar-refractivity contribution is 5.73. The van der Waals surface area contributed by atoms with E-state index in [4.69, 9.17) is 4.42 Å². The normalized spacial score (nSPS) is 10.3. The lowest BCUT2D eigenvalue weighted by Crippen LogP contribution is -2.27. The van der Waals surface area contributed by atoms with Gasteiger partial charge in [-0.1, -0.05) is 30.3 Å². The van der Waals surface area contributed by atoms with Crippen LogP contribution in [0.2, 0.25) is 0 Å². The highest BCUT2D eigenvalue weighted by Crippen LogP contribution is 2.12. The summed E-state index contributed by atoms with van der Waals surface area (Å²) in [7, 11) is 0. The van der Waals surface area contributed by atoms with Gasteiger partial charge in [-0.3, -0.25) is 4.79 Å². The number of carbonyl (C=O) groups excluding carboxylic acids is 1. The number of nitrogens with zero attached hydrogens (tertiary/aromatic N) is 1.